The van der Waals surface area contributed by atoms with Gasteiger partial charge in [-0.25, -0.2) is 0 Å². The predicted octanol–water partition coefficient (Wildman–Crippen LogP) is 1.74. The zero-order valence-electron chi connectivity index (χ0n) is 4.68. The van der Waals surface area contributed by atoms with Crippen molar-refractivity contribution < 1.29 is 4.74 Å². The molecule has 0 aromatic heterocycles. The largest absolute Gasteiger partial charge is 0.372 e. The van der Waals surface area contributed by atoms with Crippen LogP contribution >= 0.6 is 0 Å². The highest BCUT2D eigenvalue weighted by Crippen LogP contribution is 2.24. The van der Waals surface area contributed by atoms with Crippen LogP contribution in [-0.4, -0.2) is 6.10 Å². The lowest BCUT2D eigenvalue weighted by atomic mass is 10.5. The Balaban J connectivity index is 1.80. The third kappa shape index (κ3) is 1.93. The van der Waals surface area contributed by atoms with E-state index in [0.717, 1.165) is 6.42 Å². The molecule has 7 heavy (non-hydrogen) atoms. The minimum absolute atomic E-state index is 0.597. The van der Waals surface area contributed by atoms with Gasteiger partial charge in [-0.1, -0.05) is 6.92 Å². The fourth-order valence-electron chi connectivity index (χ4n) is 0.436. The maximum absolute atomic E-state index is 5.18. The molecule has 0 aromatic rings. The van der Waals surface area contributed by atoms with Crippen molar-refractivity contribution >= 4 is 0 Å². The summed E-state index contributed by atoms with van der Waals surface area (Å²) in [7, 11) is 0. The van der Waals surface area contributed by atoms with Gasteiger partial charge in [0, 0.05) is 0 Å². The zero-order chi connectivity index (χ0) is 5.11. The fourth-order valence-corrected chi connectivity index (χ4v) is 0.436. The highest BCUT2D eigenvalue weighted by molar-refractivity contribution is 4.74. The van der Waals surface area contributed by atoms with Crippen molar-refractivity contribution in [3.05, 3.63) is 6.61 Å². The van der Waals surface area contributed by atoms with Crippen molar-refractivity contribution in [2.75, 3.05) is 0 Å². The molecule has 0 atom stereocenters. The molecular formula is C6H11O. The summed E-state index contributed by atoms with van der Waals surface area (Å²) < 4.78 is 5.18. The van der Waals surface area contributed by atoms with Gasteiger partial charge in [-0.2, -0.15) is 0 Å². The number of ether oxygens (including phenoxy) is 1. The molecule has 1 aliphatic rings. The van der Waals surface area contributed by atoms with E-state index in [9.17, 15) is 0 Å². The summed E-state index contributed by atoms with van der Waals surface area (Å²) in [6.45, 7) is 3.97. The van der Waals surface area contributed by atoms with Gasteiger partial charge in [-0.15, -0.1) is 0 Å². The maximum atomic E-state index is 5.18. The second-order valence-electron chi connectivity index (χ2n) is 1.91. The molecule has 0 saturated heterocycles. The van der Waals surface area contributed by atoms with Gasteiger partial charge in [0.1, 0.15) is 0 Å². The SMILES string of the molecule is CC[CH]OC1CC1. The second-order valence-corrected chi connectivity index (χ2v) is 1.91. The average molecular weight is 99.2 g/mol. The van der Waals surface area contributed by atoms with Gasteiger partial charge >= 0.3 is 0 Å². The molecule has 0 aromatic carbocycles. The van der Waals surface area contributed by atoms with Crippen LogP contribution in [0.15, 0.2) is 0 Å². The standard InChI is InChI=1S/C6H11O/c1-2-5-7-6-3-4-6/h5-6H,2-4H2,1H3. The number of rotatable bonds is 3. The molecular weight excluding hydrogens is 88.1 g/mol. The highest BCUT2D eigenvalue weighted by Gasteiger charge is 2.21. The Labute approximate surface area is 44.7 Å². The normalized spacial score (nSPS) is 20.1. The molecule has 0 unspecified atom stereocenters. The third-order valence-electron chi connectivity index (χ3n) is 0.980. The van der Waals surface area contributed by atoms with Crippen molar-refractivity contribution in [3.63, 3.8) is 0 Å². The van der Waals surface area contributed by atoms with Gasteiger partial charge in [-0.3, -0.25) is 0 Å². The van der Waals surface area contributed by atoms with Crippen molar-refractivity contribution in [3.8, 4) is 0 Å². The van der Waals surface area contributed by atoms with E-state index in [2.05, 4.69) is 6.92 Å². The fraction of sp³-hybridized carbons (Fsp3) is 0.833. The summed E-state index contributed by atoms with van der Waals surface area (Å²) in [6.07, 6.45) is 4.18. The molecule has 1 nitrogen and oxygen atoms in total. The van der Waals surface area contributed by atoms with Gasteiger partial charge in [0.2, 0.25) is 0 Å². The van der Waals surface area contributed by atoms with E-state index >= 15 is 0 Å². The van der Waals surface area contributed by atoms with Crippen molar-refractivity contribution in [1.29, 1.82) is 0 Å². The van der Waals surface area contributed by atoms with E-state index in [1.807, 2.05) is 6.61 Å². The van der Waals surface area contributed by atoms with E-state index in [1.54, 1.807) is 0 Å². The molecule has 1 saturated carbocycles. The minimum Gasteiger partial charge on any atom is -0.372 e. The van der Waals surface area contributed by atoms with Crippen LogP contribution in [0.2, 0.25) is 0 Å². The van der Waals surface area contributed by atoms with Crippen molar-refractivity contribution in [2.45, 2.75) is 32.3 Å². The predicted molar refractivity (Wildman–Crippen MR) is 28.7 cm³/mol. The summed E-state index contributed by atoms with van der Waals surface area (Å²) in [6, 6.07) is 0. The van der Waals surface area contributed by atoms with Crippen LogP contribution in [0.25, 0.3) is 0 Å². The average Bonchev–Trinajstić information content (AvgIpc) is 2.42. The molecule has 41 valence electrons. The molecule has 1 fully saturated rings. The number of hydrogen-bond acceptors (Lipinski definition) is 1. The Kier molecular flexibility index (Phi) is 1.69. The lowest BCUT2D eigenvalue weighted by Crippen LogP contribution is -1.86. The Morgan fingerprint density at radius 1 is 1.71 bits per heavy atom. The monoisotopic (exact) mass is 99.1 g/mol. The van der Waals surface area contributed by atoms with Crippen LogP contribution in [-0.2, 0) is 4.74 Å². The molecule has 1 aliphatic carbocycles. The summed E-state index contributed by atoms with van der Waals surface area (Å²) in [5, 5.41) is 0. The van der Waals surface area contributed by atoms with Gasteiger partial charge in [-0.05, 0) is 19.3 Å². The molecule has 0 amide bonds. The highest BCUT2D eigenvalue weighted by atomic mass is 16.5. The van der Waals surface area contributed by atoms with E-state index in [4.69, 9.17) is 4.74 Å². The van der Waals surface area contributed by atoms with Gasteiger partial charge < -0.3 is 4.74 Å². The van der Waals surface area contributed by atoms with Crippen LogP contribution in [0.3, 0.4) is 0 Å². The topological polar surface area (TPSA) is 9.23 Å². The molecule has 1 heteroatoms. The first kappa shape index (κ1) is 5.10. The third-order valence-corrected chi connectivity index (χ3v) is 0.980. The smallest absolute Gasteiger partial charge is 0.0837 e. The first-order chi connectivity index (χ1) is 3.43. The summed E-state index contributed by atoms with van der Waals surface area (Å²) >= 11 is 0. The summed E-state index contributed by atoms with van der Waals surface area (Å²) in [5.41, 5.74) is 0. The van der Waals surface area contributed by atoms with E-state index in [-0.39, 0.29) is 0 Å². The Morgan fingerprint density at radius 2 is 2.43 bits per heavy atom. The number of hydrogen-bond donors (Lipinski definition) is 0. The van der Waals surface area contributed by atoms with Gasteiger partial charge in [0.25, 0.3) is 0 Å². The Bertz CT molecular complexity index is 48.1. The van der Waals surface area contributed by atoms with Gasteiger partial charge in [0.15, 0.2) is 0 Å². The van der Waals surface area contributed by atoms with Gasteiger partial charge in [0.05, 0.1) is 12.7 Å². The molecule has 0 aliphatic heterocycles. The zero-order valence-corrected chi connectivity index (χ0v) is 4.68. The maximum Gasteiger partial charge on any atom is 0.0837 e. The van der Waals surface area contributed by atoms with Crippen LogP contribution < -0.4 is 0 Å². The first-order valence-electron chi connectivity index (χ1n) is 2.90. The van der Waals surface area contributed by atoms with Crippen LogP contribution in [0.4, 0.5) is 0 Å². The lowest BCUT2D eigenvalue weighted by Gasteiger charge is -1.93. The molecule has 1 radical (unpaired) electrons. The van der Waals surface area contributed by atoms with Crippen LogP contribution in [0.1, 0.15) is 26.2 Å². The first-order valence-corrected chi connectivity index (χ1v) is 2.90. The van der Waals surface area contributed by atoms with E-state index < -0.39 is 0 Å². The van der Waals surface area contributed by atoms with Crippen molar-refractivity contribution in [1.82, 2.24) is 0 Å². The minimum atomic E-state index is 0.597. The quantitative estimate of drug-likeness (QED) is 0.523. The van der Waals surface area contributed by atoms with Crippen LogP contribution in [0, 0.1) is 6.61 Å². The Morgan fingerprint density at radius 3 is 2.86 bits per heavy atom. The van der Waals surface area contributed by atoms with Crippen LogP contribution in [0.5, 0.6) is 0 Å². The molecule has 0 bridgehead atoms. The van der Waals surface area contributed by atoms with Crippen molar-refractivity contribution in [2.24, 2.45) is 0 Å². The molecule has 1 rings (SSSR count). The van der Waals surface area contributed by atoms with E-state index in [0.29, 0.717) is 6.10 Å². The molecule has 0 spiro atoms. The molecule has 0 N–H and O–H groups in total. The Hall–Kier alpha value is -0.0400. The summed E-state index contributed by atoms with van der Waals surface area (Å²) in [5.74, 6) is 0. The summed E-state index contributed by atoms with van der Waals surface area (Å²) in [4.78, 5) is 0. The second kappa shape index (κ2) is 2.31. The lowest BCUT2D eigenvalue weighted by molar-refractivity contribution is 0.179. The molecule has 0 heterocycles. The van der Waals surface area contributed by atoms with E-state index in [1.165, 1.54) is 12.8 Å².